The summed E-state index contributed by atoms with van der Waals surface area (Å²) in [6.45, 7) is 5.35. The molecule has 1 heterocycles. The van der Waals surface area contributed by atoms with Gasteiger partial charge in [-0.3, -0.25) is 4.79 Å². The predicted octanol–water partition coefficient (Wildman–Crippen LogP) is 3.29. The number of benzene rings is 2. The van der Waals surface area contributed by atoms with Gasteiger partial charge in [-0.15, -0.1) is 0 Å². The Hall–Kier alpha value is -3.18. The zero-order chi connectivity index (χ0) is 25.4. The Morgan fingerprint density at radius 3 is 2.46 bits per heavy atom. The highest BCUT2D eigenvalue weighted by molar-refractivity contribution is 6.02. The number of anilines is 1. The van der Waals surface area contributed by atoms with E-state index in [1.54, 1.807) is 19.1 Å². The number of hydrogen-bond acceptors (Lipinski definition) is 6. The summed E-state index contributed by atoms with van der Waals surface area (Å²) >= 11 is 0. The molecular weight excluding hydrogens is 442 g/mol. The van der Waals surface area contributed by atoms with E-state index >= 15 is 0 Å². The number of carbonyl (C=O) groups excluding carboxylic acids is 1. The number of piperidine rings is 1. The third-order valence-electron chi connectivity index (χ3n) is 6.40. The first-order valence-electron chi connectivity index (χ1n) is 12.2. The molecule has 0 aromatic heterocycles. The van der Waals surface area contributed by atoms with Crippen molar-refractivity contribution in [2.75, 3.05) is 24.5 Å². The van der Waals surface area contributed by atoms with Crippen LogP contribution in [0.4, 0.5) is 5.69 Å². The number of fused-ring (bicyclic) bond motifs is 1. The lowest BCUT2D eigenvalue weighted by Crippen LogP contribution is -2.36. The monoisotopic (exact) mass is 477 g/mol. The standard InChI is InChI=1S/C28H35N3O4/c1-3-21(27(34)26(33)13-19(2)32)18-30-28(35)24(17-29)15-20-7-8-23-16-25(10-9-22(23)14-20)31-11-5-4-6-12-31/h3,7-10,14-16,19,26-27,32-34H,4-6,11-13,18H2,1-2H3,(H,30,35)/b21-3-,24-15+/t19?,26?,27-/m1/s1. The van der Waals surface area contributed by atoms with Crippen LogP contribution in [0.15, 0.2) is 53.6 Å². The van der Waals surface area contributed by atoms with Crippen molar-refractivity contribution in [3.8, 4) is 6.07 Å². The molecule has 0 saturated carbocycles. The van der Waals surface area contributed by atoms with Crippen LogP contribution in [-0.4, -0.2) is 59.2 Å². The predicted molar refractivity (Wildman–Crippen MR) is 139 cm³/mol. The summed E-state index contributed by atoms with van der Waals surface area (Å²) in [4.78, 5) is 15.0. The molecule has 1 fully saturated rings. The molecular formula is C28H35N3O4. The zero-order valence-electron chi connectivity index (χ0n) is 20.4. The number of nitriles is 1. The average Bonchev–Trinajstić information content (AvgIpc) is 2.87. The first-order chi connectivity index (χ1) is 16.8. The molecule has 0 spiro atoms. The molecule has 2 unspecified atom stereocenters. The van der Waals surface area contributed by atoms with Gasteiger partial charge in [0.2, 0.25) is 0 Å². The van der Waals surface area contributed by atoms with Gasteiger partial charge in [-0.05, 0) is 79.3 Å². The van der Waals surface area contributed by atoms with Crippen LogP contribution in [0.25, 0.3) is 16.8 Å². The SMILES string of the molecule is C/C=C(/CNC(=O)/C(C#N)=C/c1ccc2cc(N3CCCCC3)ccc2c1)[C@@H](O)C(O)CC(C)O. The number of aliphatic hydroxyl groups is 3. The first-order valence-corrected chi connectivity index (χ1v) is 12.2. The second-order valence-electron chi connectivity index (χ2n) is 9.15. The van der Waals surface area contributed by atoms with E-state index < -0.39 is 24.2 Å². The Morgan fingerprint density at radius 1 is 1.11 bits per heavy atom. The number of rotatable bonds is 9. The van der Waals surface area contributed by atoms with Gasteiger partial charge in [0.15, 0.2) is 0 Å². The highest BCUT2D eigenvalue weighted by atomic mass is 16.3. The van der Waals surface area contributed by atoms with Gasteiger partial charge in [0, 0.05) is 31.7 Å². The van der Waals surface area contributed by atoms with Crippen LogP contribution in [0.3, 0.4) is 0 Å². The molecule has 3 rings (SSSR count). The molecule has 7 nitrogen and oxygen atoms in total. The number of amides is 1. The van der Waals surface area contributed by atoms with E-state index in [2.05, 4.69) is 28.4 Å². The van der Waals surface area contributed by atoms with Crippen LogP contribution in [0.2, 0.25) is 0 Å². The zero-order valence-corrected chi connectivity index (χ0v) is 20.4. The molecule has 0 aliphatic carbocycles. The molecule has 1 saturated heterocycles. The number of nitrogens with zero attached hydrogens (tertiary/aromatic N) is 2. The van der Waals surface area contributed by atoms with Crippen molar-refractivity contribution >= 4 is 28.4 Å². The maximum Gasteiger partial charge on any atom is 0.262 e. The minimum absolute atomic E-state index is 0.0112. The summed E-state index contributed by atoms with van der Waals surface area (Å²) < 4.78 is 0. The number of hydrogen-bond donors (Lipinski definition) is 4. The fourth-order valence-corrected chi connectivity index (χ4v) is 4.39. The average molecular weight is 478 g/mol. The Morgan fingerprint density at radius 2 is 1.80 bits per heavy atom. The molecule has 2 aromatic rings. The summed E-state index contributed by atoms with van der Waals surface area (Å²) in [7, 11) is 0. The van der Waals surface area contributed by atoms with E-state index in [1.165, 1.54) is 31.9 Å². The molecule has 3 atom stereocenters. The Labute approximate surface area is 207 Å². The van der Waals surface area contributed by atoms with Gasteiger partial charge in [0.05, 0.1) is 12.2 Å². The fraction of sp³-hybridized carbons (Fsp3) is 0.429. The lowest BCUT2D eigenvalue weighted by Gasteiger charge is -2.29. The minimum Gasteiger partial charge on any atom is -0.393 e. The summed E-state index contributed by atoms with van der Waals surface area (Å²) in [6, 6.07) is 14.2. The van der Waals surface area contributed by atoms with Crippen molar-refractivity contribution < 1.29 is 20.1 Å². The van der Waals surface area contributed by atoms with Crippen molar-refractivity contribution in [1.29, 1.82) is 5.26 Å². The molecule has 1 amide bonds. The molecule has 35 heavy (non-hydrogen) atoms. The Bertz CT molecular complexity index is 1130. The Kier molecular flexibility index (Phi) is 9.44. The van der Waals surface area contributed by atoms with E-state index in [1.807, 2.05) is 24.3 Å². The highest BCUT2D eigenvalue weighted by Crippen LogP contribution is 2.26. The normalized spacial score (nSPS) is 17.5. The number of allylic oxidation sites excluding steroid dienone is 1. The van der Waals surface area contributed by atoms with Gasteiger partial charge < -0.3 is 25.5 Å². The van der Waals surface area contributed by atoms with Gasteiger partial charge >= 0.3 is 0 Å². The fourth-order valence-electron chi connectivity index (χ4n) is 4.39. The molecule has 4 N–H and O–H groups in total. The van der Waals surface area contributed by atoms with Crippen LogP contribution in [0, 0.1) is 11.3 Å². The quantitative estimate of drug-likeness (QED) is 0.250. The van der Waals surface area contributed by atoms with Gasteiger partial charge in [0.1, 0.15) is 17.7 Å². The topological polar surface area (TPSA) is 117 Å². The maximum absolute atomic E-state index is 12.6. The second kappa shape index (κ2) is 12.5. The van der Waals surface area contributed by atoms with Crippen molar-refractivity contribution in [1.82, 2.24) is 5.32 Å². The third-order valence-corrected chi connectivity index (χ3v) is 6.40. The van der Waals surface area contributed by atoms with E-state index in [0.717, 1.165) is 29.4 Å². The molecule has 1 aliphatic rings. The van der Waals surface area contributed by atoms with E-state index in [9.17, 15) is 25.4 Å². The molecule has 0 radical (unpaired) electrons. The van der Waals surface area contributed by atoms with E-state index in [4.69, 9.17) is 0 Å². The summed E-state index contributed by atoms with van der Waals surface area (Å²) in [6.07, 6.45) is 3.74. The van der Waals surface area contributed by atoms with Gasteiger partial charge in [0.25, 0.3) is 5.91 Å². The van der Waals surface area contributed by atoms with Crippen LogP contribution in [0.5, 0.6) is 0 Å². The lowest BCUT2D eigenvalue weighted by molar-refractivity contribution is -0.117. The number of carbonyl (C=O) groups is 1. The smallest absolute Gasteiger partial charge is 0.262 e. The molecule has 7 heteroatoms. The van der Waals surface area contributed by atoms with E-state index in [-0.39, 0.29) is 18.5 Å². The summed E-state index contributed by atoms with van der Waals surface area (Å²) in [5.41, 5.74) is 2.31. The minimum atomic E-state index is -1.22. The second-order valence-corrected chi connectivity index (χ2v) is 9.15. The van der Waals surface area contributed by atoms with E-state index in [0.29, 0.717) is 5.57 Å². The van der Waals surface area contributed by atoms with Gasteiger partial charge in [-0.2, -0.15) is 5.26 Å². The summed E-state index contributed by atoms with van der Waals surface area (Å²) in [5.74, 6) is -0.565. The largest absolute Gasteiger partial charge is 0.393 e. The van der Waals surface area contributed by atoms with Crippen LogP contribution in [-0.2, 0) is 4.79 Å². The van der Waals surface area contributed by atoms with Crippen molar-refractivity contribution in [2.45, 2.75) is 57.8 Å². The molecule has 0 bridgehead atoms. The van der Waals surface area contributed by atoms with Crippen molar-refractivity contribution in [3.63, 3.8) is 0 Å². The van der Waals surface area contributed by atoms with Crippen molar-refractivity contribution in [3.05, 3.63) is 59.2 Å². The van der Waals surface area contributed by atoms with Crippen molar-refractivity contribution in [2.24, 2.45) is 0 Å². The van der Waals surface area contributed by atoms with Gasteiger partial charge in [-0.25, -0.2) is 0 Å². The van der Waals surface area contributed by atoms with Crippen LogP contribution >= 0.6 is 0 Å². The Balaban J connectivity index is 1.69. The lowest BCUT2D eigenvalue weighted by atomic mass is 9.99. The summed E-state index contributed by atoms with van der Waals surface area (Å²) in [5, 5.41) is 44.1. The molecule has 2 aromatic carbocycles. The highest BCUT2D eigenvalue weighted by Gasteiger charge is 2.22. The number of aliphatic hydroxyl groups excluding tert-OH is 3. The first kappa shape index (κ1) is 26.4. The number of nitrogens with one attached hydrogen (secondary N) is 1. The molecule has 186 valence electrons. The van der Waals surface area contributed by atoms with Crippen LogP contribution < -0.4 is 10.2 Å². The maximum atomic E-state index is 12.6. The molecule has 1 aliphatic heterocycles. The van der Waals surface area contributed by atoms with Gasteiger partial charge in [-0.1, -0.05) is 24.3 Å². The third kappa shape index (κ3) is 7.15. The van der Waals surface area contributed by atoms with Crippen LogP contribution in [0.1, 0.15) is 45.1 Å².